The molecule has 15 heavy (non-hydrogen) atoms. The smallest absolute Gasteiger partial charge is 0.0389 e. The first kappa shape index (κ1) is 11.5. The molecule has 0 spiro atoms. The summed E-state index contributed by atoms with van der Waals surface area (Å²) in [5.74, 6) is 2.49. The molecule has 0 fully saturated rings. The Morgan fingerprint density at radius 2 is 2.40 bits per heavy atom. The minimum absolute atomic E-state index is 0.283. The van der Waals surface area contributed by atoms with Crippen LogP contribution in [-0.4, -0.2) is 5.75 Å². The third-order valence-corrected chi connectivity index (χ3v) is 5.26. The molecule has 0 aromatic carbocycles. The van der Waals surface area contributed by atoms with Crippen molar-refractivity contribution in [3.63, 3.8) is 0 Å². The van der Waals surface area contributed by atoms with E-state index in [4.69, 9.17) is 5.73 Å². The predicted molar refractivity (Wildman–Crippen MR) is 70.6 cm³/mol. The van der Waals surface area contributed by atoms with Gasteiger partial charge in [0.25, 0.3) is 0 Å². The van der Waals surface area contributed by atoms with Crippen LogP contribution < -0.4 is 5.73 Å². The number of nitrogens with two attached hydrogens (primary N) is 1. The zero-order chi connectivity index (χ0) is 10.7. The van der Waals surface area contributed by atoms with Crippen molar-refractivity contribution in [2.24, 2.45) is 5.73 Å². The summed E-state index contributed by atoms with van der Waals surface area (Å²) in [5, 5.41) is 0. The van der Waals surface area contributed by atoms with Gasteiger partial charge in [0.05, 0.1) is 0 Å². The Kier molecular flexibility index (Phi) is 4.12. The van der Waals surface area contributed by atoms with E-state index >= 15 is 0 Å². The van der Waals surface area contributed by atoms with Crippen LogP contribution in [0.5, 0.6) is 0 Å². The Bertz CT molecular complexity index is 296. The summed E-state index contributed by atoms with van der Waals surface area (Å²) in [6, 6.07) is 2.64. The Morgan fingerprint density at radius 1 is 1.53 bits per heavy atom. The molecular formula is C12H19NS2. The lowest BCUT2D eigenvalue weighted by atomic mass is 10.1. The van der Waals surface area contributed by atoms with Crippen LogP contribution in [0.3, 0.4) is 0 Å². The van der Waals surface area contributed by atoms with Gasteiger partial charge in [-0.25, -0.2) is 0 Å². The van der Waals surface area contributed by atoms with Gasteiger partial charge in [-0.15, -0.1) is 11.3 Å². The number of thiophene rings is 1. The zero-order valence-electron chi connectivity index (χ0n) is 9.29. The van der Waals surface area contributed by atoms with Gasteiger partial charge in [0.1, 0.15) is 0 Å². The summed E-state index contributed by atoms with van der Waals surface area (Å²) in [7, 11) is 0. The first-order valence-electron chi connectivity index (χ1n) is 5.76. The van der Waals surface area contributed by atoms with Crippen molar-refractivity contribution in [2.75, 3.05) is 5.75 Å². The highest BCUT2D eigenvalue weighted by Crippen LogP contribution is 2.34. The SMILES string of the molecule is CCCCC(N)c1cc2c(s1)CCSC2. The molecule has 1 aliphatic rings. The molecule has 1 aliphatic heterocycles. The minimum Gasteiger partial charge on any atom is -0.323 e. The van der Waals surface area contributed by atoms with Crippen LogP contribution in [0.1, 0.15) is 47.5 Å². The van der Waals surface area contributed by atoms with Gasteiger partial charge in [-0.3, -0.25) is 0 Å². The van der Waals surface area contributed by atoms with Crippen LogP contribution >= 0.6 is 23.1 Å². The number of hydrogen-bond acceptors (Lipinski definition) is 3. The summed E-state index contributed by atoms with van der Waals surface area (Å²) < 4.78 is 0. The highest BCUT2D eigenvalue weighted by atomic mass is 32.2. The maximum absolute atomic E-state index is 6.20. The molecule has 0 radical (unpaired) electrons. The Labute approximate surface area is 100 Å². The molecule has 3 heteroatoms. The van der Waals surface area contributed by atoms with Crippen molar-refractivity contribution in [1.29, 1.82) is 0 Å². The molecule has 0 bridgehead atoms. The van der Waals surface area contributed by atoms with Crippen LogP contribution in [0.15, 0.2) is 6.07 Å². The standard InChI is InChI=1S/C12H19NS2/c1-2-3-4-10(13)12-7-9-8-14-6-5-11(9)15-12/h7,10H,2-6,8,13H2,1H3. The normalized spacial score (nSPS) is 17.5. The van der Waals surface area contributed by atoms with Gasteiger partial charge in [-0.1, -0.05) is 19.8 Å². The maximum Gasteiger partial charge on any atom is 0.0389 e. The summed E-state index contributed by atoms with van der Waals surface area (Å²) in [6.07, 6.45) is 4.89. The molecule has 1 aromatic heterocycles. The van der Waals surface area contributed by atoms with Crippen molar-refractivity contribution >= 4 is 23.1 Å². The number of fused-ring (bicyclic) bond motifs is 1. The molecule has 0 amide bonds. The average Bonchev–Trinajstić information content (AvgIpc) is 2.69. The lowest BCUT2D eigenvalue weighted by Crippen LogP contribution is -2.07. The molecule has 1 atom stereocenters. The van der Waals surface area contributed by atoms with E-state index in [0.717, 1.165) is 6.42 Å². The molecule has 2 heterocycles. The van der Waals surface area contributed by atoms with Crippen molar-refractivity contribution in [2.45, 2.75) is 44.4 Å². The molecule has 1 aromatic rings. The molecule has 1 nitrogen and oxygen atoms in total. The second-order valence-electron chi connectivity index (χ2n) is 4.15. The third-order valence-electron chi connectivity index (χ3n) is 2.88. The van der Waals surface area contributed by atoms with Crippen LogP contribution in [0, 0.1) is 0 Å². The van der Waals surface area contributed by atoms with Gasteiger partial charge < -0.3 is 5.73 Å². The predicted octanol–water partition coefficient (Wildman–Crippen LogP) is 3.73. The molecule has 0 aliphatic carbocycles. The molecule has 2 N–H and O–H groups in total. The molecule has 0 saturated carbocycles. The topological polar surface area (TPSA) is 26.0 Å². The third kappa shape index (κ3) is 2.77. The fourth-order valence-corrected chi connectivity index (χ4v) is 4.33. The highest BCUT2D eigenvalue weighted by molar-refractivity contribution is 7.98. The lowest BCUT2D eigenvalue weighted by molar-refractivity contribution is 0.611. The second-order valence-corrected chi connectivity index (χ2v) is 6.42. The number of hydrogen-bond donors (Lipinski definition) is 1. The minimum atomic E-state index is 0.283. The van der Waals surface area contributed by atoms with Crippen LogP contribution in [0.2, 0.25) is 0 Å². The van der Waals surface area contributed by atoms with Gasteiger partial charge in [0.2, 0.25) is 0 Å². The maximum atomic E-state index is 6.20. The number of aryl methyl sites for hydroxylation is 1. The van der Waals surface area contributed by atoms with E-state index in [1.165, 1.54) is 35.6 Å². The number of thioether (sulfide) groups is 1. The zero-order valence-corrected chi connectivity index (χ0v) is 10.9. The van der Waals surface area contributed by atoms with Gasteiger partial charge >= 0.3 is 0 Å². The number of unbranched alkanes of at least 4 members (excludes halogenated alkanes) is 1. The monoisotopic (exact) mass is 241 g/mol. The largest absolute Gasteiger partial charge is 0.323 e. The van der Waals surface area contributed by atoms with E-state index in [9.17, 15) is 0 Å². The van der Waals surface area contributed by atoms with Crippen molar-refractivity contribution in [1.82, 2.24) is 0 Å². The fraction of sp³-hybridized carbons (Fsp3) is 0.667. The summed E-state index contributed by atoms with van der Waals surface area (Å²) in [4.78, 5) is 3.01. The first-order valence-corrected chi connectivity index (χ1v) is 7.73. The molecular weight excluding hydrogens is 222 g/mol. The summed E-state index contributed by atoms with van der Waals surface area (Å²) in [5.41, 5.74) is 7.75. The Hall–Kier alpha value is 0.01000. The molecule has 0 saturated heterocycles. The van der Waals surface area contributed by atoms with E-state index in [1.54, 1.807) is 10.4 Å². The van der Waals surface area contributed by atoms with Crippen LogP contribution in [0.4, 0.5) is 0 Å². The summed E-state index contributed by atoms with van der Waals surface area (Å²) in [6.45, 7) is 2.23. The second kappa shape index (κ2) is 5.37. The fourth-order valence-electron chi connectivity index (χ4n) is 1.92. The molecule has 84 valence electrons. The van der Waals surface area contributed by atoms with Gasteiger partial charge in [-0.2, -0.15) is 11.8 Å². The highest BCUT2D eigenvalue weighted by Gasteiger charge is 2.16. The average molecular weight is 241 g/mol. The first-order chi connectivity index (χ1) is 7.31. The summed E-state index contributed by atoms with van der Waals surface area (Å²) >= 11 is 4.00. The van der Waals surface area contributed by atoms with Crippen LogP contribution in [0.25, 0.3) is 0 Å². The van der Waals surface area contributed by atoms with E-state index in [2.05, 4.69) is 13.0 Å². The number of rotatable bonds is 4. The van der Waals surface area contributed by atoms with E-state index in [0.29, 0.717) is 0 Å². The Morgan fingerprint density at radius 3 is 3.13 bits per heavy atom. The van der Waals surface area contributed by atoms with Crippen molar-refractivity contribution in [3.8, 4) is 0 Å². The van der Waals surface area contributed by atoms with Crippen molar-refractivity contribution < 1.29 is 0 Å². The van der Waals surface area contributed by atoms with E-state index in [-0.39, 0.29) is 6.04 Å². The van der Waals surface area contributed by atoms with Crippen LogP contribution in [-0.2, 0) is 12.2 Å². The van der Waals surface area contributed by atoms with E-state index < -0.39 is 0 Å². The van der Waals surface area contributed by atoms with Gasteiger partial charge in [-0.05, 0) is 30.2 Å². The molecule has 2 rings (SSSR count). The Balaban J connectivity index is 2.05. The van der Waals surface area contributed by atoms with Gasteiger partial charge in [0, 0.05) is 21.5 Å². The van der Waals surface area contributed by atoms with Gasteiger partial charge in [0.15, 0.2) is 0 Å². The molecule has 1 unspecified atom stereocenters. The lowest BCUT2D eigenvalue weighted by Gasteiger charge is -2.08. The van der Waals surface area contributed by atoms with Crippen molar-refractivity contribution in [3.05, 3.63) is 21.4 Å². The quantitative estimate of drug-likeness (QED) is 0.869. The van der Waals surface area contributed by atoms with E-state index in [1.807, 2.05) is 23.1 Å².